The predicted octanol–water partition coefficient (Wildman–Crippen LogP) is 1.54. The average Bonchev–Trinajstić information content (AvgIpc) is 2.86. The fourth-order valence-electron chi connectivity index (χ4n) is 1.83. The number of aromatic nitrogens is 2. The van der Waals surface area contributed by atoms with Crippen LogP contribution >= 0.6 is 0 Å². The molecule has 0 fully saturated rings. The number of carbonyl (C=O) groups is 1. The third-order valence-corrected chi connectivity index (χ3v) is 2.91. The molecular weight excluding hydrogens is 240 g/mol. The molecule has 5 nitrogen and oxygen atoms in total. The molecule has 0 saturated carbocycles. The highest BCUT2D eigenvalue weighted by Crippen LogP contribution is 2.12. The fourth-order valence-corrected chi connectivity index (χ4v) is 1.83. The number of nitrogens with one attached hydrogen (secondary N) is 2. The number of amides is 1. The van der Waals surface area contributed by atoms with Gasteiger partial charge in [-0.25, -0.2) is 0 Å². The molecule has 0 bridgehead atoms. The predicted molar refractivity (Wildman–Crippen MR) is 73.6 cm³/mol. The van der Waals surface area contributed by atoms with Crippen LogP contribution in [-0.2, 0) is 0 Å². The number of H-pyrrole nitrogens is 1. The molecule has 5 heteroatoms. The zero-order valence-corrected chi connectivity index (χ0v) is 10.9. The molecule has 4 N–H and O–H groups in total. The molecule has 1 heterocycles. The second-order valence-corrected chi connectivity index (χ2v) is 4.50. The van der Waals surface area contributed by atoms with E-state index in [2.05, 4.69) is 15.5 Å². The van der Waals surface area contributed by atoms with E-state index in [-0.39, 0.29) is 11.9 Å². The Labute approximate surface area is 112 Å². The summed E-state index contributed by atoms with van der Waals surface area (Å²) in [6.45, 7) is 2.38. The molecule has 1 amide bonds. The first-order valence-corrected chi connectivity index (χ1v) is 6.27. The van der Waals surface area contributed by atoms with E-state index in [0.29, 0.717) is 18.7 Å². The van der Waals surface area contributed by atoms with Crippen molar-refractivity contribution in [3.63, 3.8) is 0 Å². The molecule has 0 aliphatic rings. The molecule has 1 aromatic heterocycles. The van der Waals surface area contributed by atoms with E-state index in [1.54, 1.807) is 6.07 Å². The second kappa shape index (κ2) is 6.15. The van der Waals surface area contributed by atoms with Crippen molar-refractivity contribution in [3.05, 3.63) is 53.3 Å². The lowest BCUT2D eigenvalue weighted by Crippen LogP contribution is -2.27. The number of rotatable bonds is 5. The molecule has 100 valence electrons. The third-order valence-electron chi connectivity index (χ3n) is 2.91. The molecule has 2 rings (SSSR count). The molecule has 0 aliphatic heterocycles. The van der Waals surface area contributed by atoms with E-state index >= 15 is 0 Å². The molecule has 0 aliphatic carbocycles. The normalized spacial score (nSPS) is 12.1. The molecule has 0 spiro atoms. The maximum absolute atomic E-state index is 11.7. The minimum absolute atomic E-state index is 0.0672. The standard InChI is InChI=1S/C14H18N4O/c1-10-9-13(18-17-10)14(19)16-8-7-12(15)11-5-3-2-4-6-11/h2-6,9,12H,7-8,15H2,1H3,(H,16,19)(H,17,18). The van der Waals surface area contributed by atoms with Crippen LogP contribution in [0.4, 0.5) is 0 Å². The largest absolute Gasteiger partial charge is 0.351 e. The van der Waals surface area contributed by atoms with Crippen molar-refractivity contribution >= 4 is 5.91 Å². The zero-order valence-electron chi connectivity index (χ0n) is 10.9. The maximum atomic E-state index is 11.7. The number of hydrogen-bond acceptors (Lipinski definition) is 3. The first-order chi connectivity index (χ1) is 9.16. The van der Waals surface area contributed by atoms with Gasteiger partial charge in [0.05, 0.1) is 0 Å². The number of aromatic amines is 1. The summed E-state index contributed by atoms with van der Waals surface area (Å²) in [4.78, 5) is 11.7. The van der Waals surface area contributed by atoms with Gasteiger partial charge in [0.15, 0.2) is 0 Å². The number of aryl methyl sites for hydroxylation is 1. The van der Waals surface area contributed by atoms with Crippen molar-refractivity contribution in [1.82, 2.24) is 15.5 Å². The molecule has 19 heavy (non-hydrogen) atoms. The van der Waals surface area contributed by atoms with Crippen molar-refractivity contribution in [1.29, 1.82) is 0 Å². The van der Waals surface area contributed by atoms with E-state index in [0.717, 1.165) is 11.3 Å². The van der Waals surface area contributed by atoms with E-state index in [9.17, 15) is 4.79 Å². The van der Waals surface area contributed by atoms with Crippen LogP contribution in [0.15, 0.2) is 36.4 Å². The Morgan fingerprint density at radius 2 is 2.16 bits per heavy atom. The van der Waals surface area contributed by atoms with Crippen molar-refractivity contribution in [2.24, 2.45) is 5.73 Å². The zero-order chi connectivity index (χ0) is 13.7. The number of nitrogens with two attached hydrogens (primary N) is 1. The van der Waals surface area contributed by atoms with Crippen LogP contribution in [0.3, 0.4) is 0 Å². The molecular formula is C14H18N4O. The van der Waals surface area contributed by atoms with Gasteiger partial charge in [-0.05, 0) is 25.0 Å². The summed E-state index contributed by atoms with van der Waals surface area (Å²) in [5.74, 6) is -0.176. The summed E-state index contributed by atoms with van der Waals surface area (Å²) in [5, 5.41) is 9.45. The van der Waals surface area contributed by atoms with Gasteiger partial charge in [0, 0.05) is 18.3 Å². The lowest BCUT2D eigenvalue weighted by Gasteiger charge is -2.12. The average molecular weight is 258 g/mol. The Morgan fingerprint density at radius 3 is 2.79 bits per heavy atom. The van der Waals surface area contributed by atoms with Crippen LogP contribution in [0.5, 0.6) is 0 Å². The third kappa shape index (κ3) is 3.66. The van der Waals surface area contributed by atoms with Gasteiger partial charge in [-0.2, -0.15) is 5.10 Å². The number of hydrogen-bond donors (Lipinski definition) is 3. The van der Waals surface area contributed by atoms with Gasteiger partial charge in [0.25, 0.3) is 5.91 Å². The van der Waals surface area contributed by atoms with Gasteiger partial charge in [-0.15, -0.1) is 0 Å². The SMILES string of the molecule is Cc1cc(C(=O)NCCC(N)c2ccccc2)n[nH]1. The Morgan fingerprint density at radius 1 is 1.42 bits per heavy atom. The highest BCUT2D eigenvalue weighted by molar-refractivity contribution is 5.92. The minimum Gasteiger partial charge on any atom is -0.351 e. The highest BCUT2D eigenvalue weighted by atomic mass is 16.1. The number of nitrogens with zero attached hydrogens (tertiary/aromatic N) is 1. The number of carbonyl (C=O) groups excluding carboxylic acids is 1. The molecule has 1 unspecified atom stereocenters. The van der Waals surface area contributed by atoms with E-state index in [4.69, 9.17) is 5.73 Å². The maximum Gasteiger partial charge on any atom is 0.271 e. The van der Waals surface area contributed by atoms with Crippen LogP contribution in [-0.4, -0.2) is 22.6 Å². The van der Waals surface area contributed by atoms with Gasteiger partial charge in [-0.1, -0.05) is 30.3 Å². The monoisotopic (exact) mass is 258 g/mol. The van der Waals surface area contributed by atoms with E-state index in [1.807, 2.05) is 37.3 Å². The van der Waals surface area contributed by atoms with E-state index < -0.39 is 0 Å². The highest BCUT2D eigenvalue weighted by Gasteiger charge is 2.10. The summed E-state index contributed by atoms with van der Waals surface area (Å²) < 4.78 is 0. The quantitative estimate of drug-likeness (QED) is 0.760. The minimum atomic E-state index is -0.176. The number of benzene rings is 1. The topological polar surface area (TPSA) is 83.8 Å². The van der Waals surface area contributed by atoms with Crippen LogP contribution < -0.4 is 11.1 Å². The van der Waals surface area contributed by atoms with Crippen molar-refractivity contribution < 1.29 is 4.79 Å². The summed E-state index contributed by atoms with van der Waals surface area (Å²) in [6.07, 6.45) is 0.694. The Hall–Kier alpha value is -2.14. The van der Waals surface area contributed by atoms with Crippen LogP contribution in [0.25, 0.3) is 0 Å². The molecule has 1 atom stereocenters. The lowest BCUT2D eigenvalue weighted by molar-refractivity contribution is 0.0947. The van der Waals surface area contributed by atoms with Gasteiger partial charge < -0.3 is 11.1 Å². The molecule has 0 radical (unpaired) electrons. The smallest absolute Gasteiger partial charge is 0.271 e. The summed E-state index contributed by atoms with van der Waals surface area (Å²) >= 11 is 0. The van der Waals surface area contributed by atoms with Crippen molar-refractivity contribution in [2.45, 2.75) is 19.4 Å². The Balaban J connectivity index is 1.79. The Kier molecular flexibility index (Phi) is 4.30. The molecule has 2 aromatic rings. The van der Waals surface area contributed by atoms with Gasteiger partial charge in [0.2, 0.25) is 0 Å². The first kappa shape index (κ1) is 13.3. The van der Waals surface area contributed by atoms with Gasteiger partial charge in [-0.3, -0.25) is 9.89 Å². The second-order valence-electron chi connectivity index (χ2n) is 4.50. The molecule has 1 aromatic carbocycles. The fraction of sp³-hybridized carbons (Fsp3) is 0.286. The van der Waals surface area contributed by atoms with Crippen molar-refractivity contribution in [2.75, 3.05) is 6.54 Å². The van der Waals surface area contributed by atoms with Crippen LogP contribution in [0, 0.1) is 6.92 Å². The van der Waals surface area contributed by atoms with E-state index in [1.165, 1.54) is 0 Å². The summed E-state index contributed by atoms with van der Waals surface area (Å²) in [7, 11) is 0. The first-order valence-electron chi connectivity index (χ1n) is 6.27. The summed E-state index contributed by atoms with van der Waals surface area (Å²) in [6, 6.07) is 11.5. The lowest BCUT2D eigenvalue weighted by atomic mass is 10.1. The summed E-state index contributed by atoms with van der Waals surface area (Å²) in [5.41, 5.74) is 8.40. The Bertz CT molecular complexity index is 535. The van der Waals surface area contributed by atoms with Gasteiger partial charge in [0.1, 0.15) is 5.69 Å². The van der Waals surface area contributed by atoms with Gasteiger partial charge >= 0.3 is 0 Å². The van der Waals surface area contributed by atoms with Crippen molar-refractivity contribution in [3.8, 4) is 0 Å². The molecule has 0 saturated heterocycles. The van der Waals surface area contributed by atoms with Crippen LogP contribution in [0.2, 0.25) is 0 Å². The van der Waals surface area contributed by atoms with Crippen LogP contribution in [0.1, 0.15) is 34.2 Å².